The highest BCUT2D eigenvalue weighted by Crippen LogP contribution is 2.34. The van der Waals surface area contributed by atoms with E-state index in [9.17, 15) is 14.9 Å². The van der Waals surface area contributed by atoms with Crippen molar-refractivity contribution in [2.75, 3.05) is 28.3 Å². The summed E-state index contributed by atoms with van der Waals surface area (Å²) in [4.78, 5) is 24.1. The van der Waals surface area contributed by atoms with Crippen molar-refractivity contribution in [1.82, 2.24) is 4.90 Å². The van der Waals surface area contributed by atoms with Gasteiger partial charge in [0, 0.05) is 32.4 Å². The summed E-state index contributed by atoms with van der Waals surface area (Å²) in [5.41, 5.74) is -0.373. The molecule has 1 aromatic carbocycles. The van der Waals surface area contributed by atoms with E-state index < -0.39 is 10.7 Å². The molecule has 0 amide bonds. The van der Waals surface area contributed by atoms with E-state index in [1.54, 1.807) is 19.0 Å². The monoisotopic (exact) mass is 280 g/mol. The molecule has 7 nitrogen and oxygen atoms in total. The molecule has 0 atom stereocenters. The molecule has 1 aromatic rings. The molecule has 1 rings (SSSR count). The molecular formula is C13H16N2O5. The Balaban J connectivity index is 3.36. The number of rotatable bonds is 6. The first-order valence-corrected chi connectivity index (χ1v) is 5.70. The van der Waals surface area contributed by atoms with Gasteiger partial charge in [0.1, 0.15) is 5.56 Å². The quantitative estimate of drug-likeness (QED) is 0.342. The minimum atomic E-state index is -0.626. The molecule has 20 heavy (non-hydrogen) atoms. The molecule has 0 aliphatic rings. The van der Waals surface area contributed by atoms with Gasteiger partial charge in [0.05, 0.1) is 25.2 Å². The Morgan fingerprint density at radius 2 is 1.80 bits per heavy atom. The third kappa shape index (κ3) is 3.47. The molecule has 0 saturated carbocycles. The summed E-state index contributed by atoms with van der Waals surface area (Å²) >= 11 is 0. The van der Waals surface area contributed by atoms with Crippen LogP contribution in [-0.2, 0) is 0 Å². The van der Waals surface area contributed by atoms with E-state index in [2.05, 4.69) is 0 Å². The summed E-state index contributed by atoms with van der Waals surface area (Å²) < 4.78 is 10.0. The van der Waals surface area contributed by atoms with E-state index >= 15 is 0 Å². The van der Waals surface area contributed by atoms with E-state index in [1.165, 1.54) is 38.6 Å². The number of carbonyl (C=O) groups is 1. The zero-order valence-electron chi connectivity index (χ0n) is 11.7. The molecule has 0 radical (unpaired) electrons. The molecule has 0 N–H and O–H groups in total. The predicted molar refractivity (Wildman–Crippen MR) is 73.4 cm³/mol. The predicted octanol–water partition coefficient (Wildman–Crippen LogP) is 1.87. The van der Waals surface area contributed by atoms with Gasteiger partial charge in [-0.25, -0.2) is 0 Å². The fraction of sp³-hybridized carbons (Fsp3) is 0.308. The minimum absolute atomic E-state index is 0.0502. The molecule has 0 aliphatic carbocycles. The molecule has 0 bridgehead atoms. The van der Waals surface area contributed by atoms with Crippen molar-refractivity contribution in [2.45, 2.75) is 0 Å². The maximum atomic E-state index is 12.0. The van der Waals surface area contributed by atoms with Crippen LogP contribution in [0.15, 0.2) is 24.4 Å². The SMILES string of the molecule is COc1cc(C(=O)/C=C\N(C)C)c([N+](=O)[O-])cc1OC. The summed E-state index contributed by atoms with van der Waals surface area (Å²) in [5.74, 6) is -0.0154. The number of nitrogens with zero attached hydrogens (tertiary/aromatic N) is 2. The van der Waals surface area contributed by atoms with Crippen LogP contribution in [0.1, 0.15) is 10.4 Å². The van der Waals surface area contributed by atoms with Crippen molar-refractivity contribution in [3.63, 3.8) is 0 Å². The summed E-state index contributed by atoms with van der Waals surface area (Å²) in [6.07, 6.45) is 2.77. The van der Waals surface area contributed by atoms with Gasteiger partial charge in [0.15, 0.2) is 17.3 Å². The van der Waals surface area contributed by atoms with E-state index in [-0.39, 0.29) is 22.7 Å². The van der Waals surface area contributed by atoms with E-state index in [0.29, 0.717) is 0 Å². The van der Waals surface area contributed by atoms with Gasteiger partial charge >= 0.3 is 0 Å². The van der Waals surface area contributed by atoms with Gasteiger partial charge in [-0.1, -0.05) is 0 Å². The Morgan fingerprint density at radius 3 is 2.25 bits per heavy atom. The van der Waals surface area contributed by atoms with E-state index in [0.717, 1.165) is 0 Å². The van der Waals surface area contributed by atoms with Crippen molar-refractivity contribution in [2.24, 2.45) is 0 Å². The van der Waals surface area contributed by atoms with Gasteiger partial charge in [-0.15, -0.1) is 0 Å². The standard InChI is InChI=1S/C13H16N2O5/c1-14(2)6-5-11(16)9-7-12(19-3)13(20-4)8-10(9)15(17)18/h5-8H,1-4H3/b6-5-. The molecule has 0 spiro atoms. The Labute approximate surface area is 116 Å². The lowest BCUT2D eigenvalue weighted by Gasteiger charge is -2.09. The van der Waals surface area contributed by atoms with Crippen molar-refractivity contribution >= 4 is 11.5 Å². The summed E-state index contributed by atoms with van der Waals surface area (Å²) in [6.45, 7) is 0. The second kappa shape index (κ2) is 6.55. The van der Waals surface area contributed by atoms with Crippen LogP contribution in [0.4, 0.5) is 5.69 Å². The minimum Gasteiger partial charge on any atom is -0.493 e. The van der Waals surface area contributed by atoms with Crippen LogP contribution >= 0.6 is 0 Å². The van der Waals surface area contributed by atoms with Crippen LogP contribution in [0, 0.1) is 10.1 Å². The molecule has 108 valence electrons. The number of nitro groups is 1. The number of benzene rings is 1. The van der Waals surface area contributed by atoms with Crippen molar-refractivity contribution in [1.29, 1.82) is 0 Å². The zero-order valence-corrected chi connectivity index (χ0v) is 11.7. The molecule has 7 heteroatoms. The normalized spacial score (nSPS) is 10.4. The van der Waals surface area contributed by atoms with Crippen molar-refractivity contribution in [3.8, 4) is 11.5 Å². The Bertz CT molecular complexity index is 552. The van der Waals surface area contributed by atoms with Crippen LogP contribution in [0.3, 0.4) is 0 Å². The number of nitro benzene ring substituents is 1. The fourth-order valence-electron chi connectivity index (χ4n) is 1.52. The third-order valence-electron chi connectivity index (χ3n) is 2.49. The maximum Gasteiger partial charge on any atom is 0.284 e. The molecule has 0 fully saturated rings. The van der Waals surface area contributed by atoms with Crippen LogP contribution in [-0.4, -0.2) is 43.9 Å². The topological polar surface area (TPSA) is 81.9 Å². The van der Waals surface area contributed by atoms with Gasteiger partial charge in [-0.2, -0.15) is 0 Å². The molecule has 0 saturated heterocycles. The van der Waals surface area contributed by atoms with Crippen LogP contribution in [0.25, 0.3) is 0 Å². The number of hydrogen-bond acceptors (Lipinski definition) is 6. The van der Waals surface area contributed by atoms with Gasteiger partial charge in [-0.05, 0) is 0 Å². The van der Waals surface area contributed by atoms with Crippen molar-refractivity contribution < 1.29 is 19.2 Å². The van der Waals surface area contributed by atoms with Crippen molar-refractivity contribution in [3.05, 3.63) is 40.1 Å². The number of ether oxygens (including phenoxy) is 2. The second-order valence-corrected chi connectivity index (χ2v) is 4.13. The first-order valence-electron chi connectivity index (χ1n) is 5.70. The molecule has 0 aromatic heterocycles. The first-order chi connectivity index (χ1) is 9.40. The summed E-state index contributed by atoms with van der Waals surface area (Å²) in [7, 11) is 6.25. The highest BCUT2D eigenvalue weighted by Gasteiger charge is 2.23. The third-order valence-corrected chi connectivity index (χ3v) is 2.49. The molecule has 0 aliphatic heterocycles. The largest absolute Gasteiger partial charge is 0.493 e. The Kier molecular flexibility index (Phi) is 5.08. The number of ketones is 1. The maximum absolute atomic E-state index is 12.0. The Hall–Kier alpha value is -2.57. The number of allylic oxidation sites excluding steroid dienone is 1. The molecule has 0 unspecified atom stereocenters. The highest BCUT2D eigenvalue weighted by molar-refractivity contribution is 6.07. The lowest BCUT2D eigenvalue weighted by molar-refractivity contribution is -0.385. The van der Waals surface area contributed by atoms with Gasteiger partial charge in [-0.3, -0.25) is 14.9 Å². The first kappa shape index (κ1) is 15.5. The van der Waals surface area contributed by atoms with Gasteiger partial charge in [0.25, 0.3) is 5.69 Å². The van der Waals surface area contributed by atoms with Gasteiger partial charge in [0.2, 0.25) is 0 Å². The van der Waals surface area contributed by atoms with E-state index in [1.807, 2.05) is 0 Å². The number of hydrogen-bond donors (Lipinski definition) is 0. The average molecular weight is 280 g/mol. The zero-order chi connectivity index (χ0) is 15.3. The second-order valence-electron chi connectivity index (χ2n) is 4.13. The lowest BCUT2D eigenvalue weighted by Crippen LogP contribution is -2.06. The summed E-state index contributed by atoms with van der Waals surface area (Å²) in [5, 5.41) is 11.1. The average Bonchev–Trinajstić information content (AvgIpc) is 2.42. The Morgan fingerprint density at radius 1 is 1.25 bits per heavy atom. The van der Waals surface area contributed by atoms with Crippen LogP contribution < -0.4 is 9.47 Å². The number of carbonyl (C=O) groups excluding carboxylic acids is 1. The fourth-order valence-corrected chi connectivity index (χ4v) is 1.52. The number of methoxy groups -OCH3 is 2. The van der Waals surface area contributed by atoms with Crippen LogP contribution in [0.2, 0.25) is 0 Å². The van der Waals surface area contributed by atoms with Gasteiger partial charge < -0.3 is 14.4 Å². The van der Waals surface area contributed by atoms with Crippen LogP contribution in [0.5, 0.6) is 11.5 Å². The molecule has 0 heterocycles. The highest BCUT2D eigenvalue weighted by atomic mass is 16.6. The molecular weight excluding hydrogens is 264 g/mol. The lowest BCUT2D eigenvalue weighted by atomic mass is 10.1. The smallest absolute Gasteiger partial charge is 0.284 e. The van der Waals surface area contributed by atoms with E-state index in [4.69, 9.17) is 9.47 Å². The summed E-state index contributed by atoms with van der Waals surface area (Å²) in [6, 6.07) is 2.48.